The van der Waals surface area contributed by atoms with E-state index in [0.717, 1.165) is 69.0 Å². The van der Waals surface area contributed by atoms with E-state index in [2.05, 4.69) is 10.2 Å². The van der Waals surface area contributed by atoms with Gasteiger partial charge in [0.05, 0.1) is 7.11 Å². The second kappa shape index (κ2) is 8.41. The van der Waals surface area contributed by atoms with Crippen LogP contribution >= 0.6 is 0 Å². The fraction of sp³-hybridized carbons (Fsp3) is 0.435. The molecule has 1 N–H and O–H groups in total. The first-order valence-corrected chi connectivity index (χ1v) is 10.2. The summed E-state index contributed by atoms with van der Waals surface area (Å²) in [5.41, 5.74) is 1.98. The summed E-state index contributed by atoms with van der Waals surface area (Å²) >= 11 is 0. The zero-order valence-electron chi connectivity index (χ0n) is 16.9. The minimum absolute atomic E-state index is 0.0441. The molecule has 0 saturated carbocycles. The lowest BCUT2D eigenvalue weighted by Crippen LogP contribution is -2.42. The van der Waals surface area contributed by atoms with Crippen molar-refractivity contribution in [2.24, 2.45) is 5.41 Å². The molecule has 0 aliphatic carbocycles. The molecule has 2 aliphatic heterocycles. The third-order valence-electron chi connectivity index (χ3n) is 6.26. The second-order valence-electron chi connectivity index (χ2n) is 8.24. The van der Waals surface area contributed by atoms with E-state index in [4.69, 9.17) is 4.74 Å². The third kappa shape index (κ3) is 4.70. The number of nitrogens with one attached hydrogen (secondary N) is 1. The number of likely N-dealkylation sites (tertiary alicyclic amines) is 2. The van der Waals surface area contributed by atoms with Gasteiger partial charge in [-0.3, -0.25) is 4.90 Å². The van der Waals surface area contributed by atoms with E-state index in [0.29, 0.717) is 0 Å². The lowest BCUT2D eigenvalue weighted by Gasteiger charge is -2.39. The number of rotatable bonds is 4. The van der Waals surface area contributed by atoms with Crippen molar-refractivity contribution in [2.75, 3.05) is 38.6 Å². The Balaban J connectivity index is 1.29. The molecule has 1 spiro atoms. The smallest absolute Gasteiger partial charge is 0.321 e. The van der Waals surface area contributed by atoms with Crippen molar-refractivity contribution < 1.29 is 13.9 Å². The number of benzene rings is 2. The number of nitrogens with zero attached hydrogens (tertiary/aromatic N) is 2. The fourth-order valence-electron chi connectivity index (χ4n) is 4.50. The van der Waals surface area contributed by atoms with Crippen LogP contribution in [0.1, 0.15) is 24.8 Å². The van der Waals surface area contributed by atoms with Crippen LogP contribution in [0.5, 0.6) is 5.75 Å². The van der Waals surface area contributed by atoms with Gasteiger partial charge in [-0.25, -0.2) is 9.18 Å². The van der Waals surface area contributed by atoms with Crippen LogP contribution in [0.25, 0.3) is 0 Å². The summed E-state index contributed by atoms with van der Waals surface area (Å²) in [5, 5.41) is 2.99. The van der Waals surface area contributed by atoms with Gasteiger partial charge in [-0.15, -0.1) is 0 Å². The lowest BCUT2D eigenvalue weighted by atomic mass is 9.77. The highest BCUT2D eigenvalue weighted by molar-refractivity contribution is 5.89. The molecule has 2 aromatic rings. The predicted molar refractivity (Wildman–Crippen MR) is 112 cm³/mol. The lowest BCUT2D eigenvalue weighted by molar-refractivity contribution is 0.106. The molecule has 2 fully saturated rings. The fourth-order valence-corrected chi connectivity index (χ4v) is 4.50. The highest BCUT2D eigenvalue weighted by Crippen LogP contribution is 2.40. The maximum Gasteiger partial charge on any atom is 0.321 e. The largest absolute Gasteiger partial charge is 0.497 e. The van der Waals surface area contributed by atoms with Crippen molar-refractivity contribution in [2.45, 2.75) is 25.8 Å². The molecule has 4 rings (SSSR count). The number of hydrogen-bond donors (Lipinski definition) is 1. The van der Waals surface area contributed by atoms with Crippen LogP contribution in [0.3, 0.4) is 0 Å². The quantitative estimate of drug-likeness (QED) is 0.834. The van der Waals surface area contributed by atoms with Gasteiger partial charge in [0.25, 0.3) is 0 Å². The molecular formula is C23H28FN3O2. The number of amides is 2. The summed E-state index contributed by atoms with van der Waals surface area (Å²) in [6.45, 7) is 4.36. The average molecular weight is 397 g/mol. The Morgan fingerprint density at radius 3 is 2.62 bits per heavy atom. The van der Waals surface area contributed by atoms with Gasteiger partial charge in [-0.2, -0.15) is 0 Å². The molecule has 154 valence electrons. The van der Waals surface area contributed by atoms with Gasteiger partial charge in [-0.1, -0.05) is 18.2 Å². The van der Waals surface area contributed by atoms with E-state index in [1.54, 1.807) is 19.2 Å². The van der Waals surface area contributed by atoms with Crippen LogP contribution in [0.4, 0.5) is 14.9 Å². The first-order chi connectivity index (χ1) is 14.0. The van der Waals surface area contributed by atoms with Gasteiger partial charge < -0.3 is 15.0 Å². The Morgan fingerprint density at radius 1 is 1.10 bits per heavy atom. The number of hydrogen-bond acceptors (Lipinski definition) is 3. The topological polar surface area (TPSA) is 44.8 Å². The summed E-state index contributed by atoms with van der Waals surface area (Å²) in [7, 11) is 1.62. The van der Waals surface area contributed by atoms with Crippen LogP contribution in [0, 0.1) is 11.2 Å². The van der Waals surface area contributed by atoms with Crippen molar-refractivity contribution >= 4 is 11.7 Å². The summed E-state index contributed by atoms with van der Waals surface area (Å²) in [4.78, 5) is 17.0. The van der Waals surface area contributed by atoms with Crippen LogP contribution in [-0.4, -0.2) is 49.1 Å². The molecule has 6 heteroatoms. The zero-order valence-corrected chi connectivity index (χ0v) is 16.9. The van der Waals surface area contributed by atoms with E-state index in [1.807, 2.05) is 35.2 Å². The Labute approximate surface area is 171 Å². The maximum absolute atomic E-state index is 13.4. The molecule has 0 aromatic heterocycles. The van der Waals surface area contributed by atoms with Crippen molar-refractivity contribution in [1.82, 2.24) is 9.80 Å². The number of methoxy groups -OCH3 is 1. The summed E-state index contributed by atoms with van der Waals surface area (Å²) in [6, 6.07) is 14.2. The molecule has 29 heavy (non-hydrogen) atoms. The van der Waals surface area contributed by atoms with Crippen molar-refractivity contribution in [3.63, 3.8) is 0 Å². The Hall–Kier alpha value is -2.60. The predicted octanol–water partition coefficient (Wildman–Crippen LogP) is 4.35. The van der Waals surface area contributed by atoms with E-state index in [-0.39, 0.29) is 17.3 Å². The molecule has 2 heterocycles. The molecule has 0 atom stereocenters. The van der Waals surface area contributed by atoms with Gasteiger partial charge in [0.2, 0.25) is 0 Å². The number of urea groups is 1. The summed E-state index contributed by atoms with van der Waals surface area (Å²) in [5.74, 6) is 0.552. The van der Waals surface area contributed by atoms with Gasteiger partial charge in [0, 0.05) is 31.4 Å². The van der Waals surface area contributed by atoms with Crippen molar-refractivity contribution in [3.8, 4) is 5.75 Å². The average Bonchev–Trinajstić information content (AvgIpc) is 3.14. The standard InChI is InChI=1S/C23H28FN3O2/c1-29-21-7-3-6-20(15-21)25-22(28)27-13-10-23(17-27)8-11-26(12-9-23)16-18-4-2-5-19(24)14-18/h2-7,14-15H,8-13,16-17H2,1H3,(H,25,28). The van der Waals surface area contributed by atoms with Crippen LogP contribution in [-0.2, 0) is 6.54 Å². The Kier molecular flexibility index (Phi) is 5.72. The number of carbonyl (C=O) groups excluding carboxylic acids is 1. The van der Waals surface area contributed by atoms with Crippen LogP contribution in [0.2, 0.25) is 0 Å². The molecule has 5 nitrogen and oxygen atoms in total. The van der Waals surface area contributed by atoms with E-state index < -0.39 is 0 Å². The monoisotopic (exact) mass is 397 g/mol. The highest BCUT2D eigenvalue weighted by atomic mass is 19.1. The van der Waals surface area contributed by atoms with Crippen LogP contribution < -0.4 is 10.1 Å². The summed E-state index contributed by atoms with van der Waals surface area (Å²) < 4.78 is 18.6. The molecular weight excluding hydrogens is 369 g/mol. The number of piperidine rings is 1. The van der Waals surface area contributed by atoms with Gasteiger partial charge in [0.1, 0.15) is 11.6 Å². The van der Waals surface area contributed by atoms with Gasteiger partial charge in [0.15, 0.2) is 0 Å². The van der Waals surface area contributed by atoms with E-state index >= 15 is 0 Å². The zero-order chi connectivity index (χ0) is 20.3. The van der Waals surface area contributed by atoms with Crippen LogP contribution in [0.15, 0.2) is 48.5 Å². The SMILES string of the molecule is COc1cccc(NC(=O)N2CCC3(CCN(Cc4cccc(F)c4)CC3)C2)c1. The normalized spacial score (nSPS) is 18.8. The molecule has 2 saturated heterocycles. The number of halogens is 1. The van der Waals surface area contributed by atoms with Gasteiger partial charge in [-0.05, 0) is 67.6 Å². The Bertz CT molecular complexity index is 865. The van der Waals surface area contributed by atoms with Gasteiger partial charge >= 0.3 is 6.03 Å². The first kappa shape index (κ1) is 19.7. The second-order valence-corrected chi connectivity index (χ2v) is 8.24. The molecule has 2 aliphatic rings. The maximum atomic E-state index is 13.4. The van der Waals surface area contributed by atoms with E-state index in [1.165, 1.54) is 6.07 Å². The first-order valence-electron chi connectivity index (χ1n) is 10.2. The highest BCUT2D eigenvalue weighted by Gasteiger charge is 2.42. The number of anilines is 1. The minimum atomic E-state index is -0.176. The summed E-state index contributed by atoms with van der Waals surface area (Å²) in [6.07, 6.45) is 3.20. The number of ether oxygens (including phenoxy) is 1. The molecule has 2 aromatic carbocycles. The van der Waals surface area contributed by atoms with E-state index in [9.17, 15) is 9.18 Å². The Morgan fingerprint density at radius 2 is 1.86 bits per heavy atom. The molecule has 0 unspecified atom stereocenters. The molecule has 0 radical (unpaired) electrons. The number of carbonyl (C=O) groups is 1. The van der Waals surface area contributed by atoms with Crippen molar-refractivity contribution in [1.29, 1.82) is 0 Å². The van der Waals surface area contributed by atoms with Crippen molar-refractivity contribution in [3.05, 3.63) is 59.9 Å². The molecule has 2 amide bonds. The molecule has 0 bridgehead atoms. The minimum Gasteiger partial charge on any atom is -0.497 e. The third-order valence-corrected chi connectivity index (χ3v) is 6.26.